The van der Waals surface area contributed by atoms with Gasteiger partial charge in [0.2, 0.25) is 11.7 Å². The van der Waals surface area contributed by atoms with Gasteiger partial charge in [-0.1, -0.05) is 17.7 Å². The number of amides is 1. The van der Waals surface area contributed by atoms with Crippen molar-refractivity contribution < 1.29 is 23.1 Å². The van der Waals surface area contributed by atoms with Crippen LogP contribution in [0, 0.1) is 0 Å². The van der Waals surface area contributed by atoms with E-state index in [-0.39, 0.29) is 12.4 Å². The lowest BCUT2D eigenvalue weighted by Crippen LogP contribution is -2.41. The van der Waals surface area contributed by atoms with Crippen LogP contribution in [0.2, 0.25) is 5.15 Å². The number of alkyl halides is 2. The molecule has 9 nitrogen and oxygen atoms in total. The molecule has 5 heterocycles. The summed E-state index contributed by atoms with van der Waals surface area (Å²) in [7, 11) is 0. The number of halogens is 3. The molecule has 2 N–H and O–H groups in total. The van der Waals surface area contributed by atoms with E-state index in [9.17, 15) is 18.7 Å². The minimum Gasteiger partial charge on any atom is -0.432 e. The molecule has 1 amide bonds. The van der Waals surface area contributed by atoms with Gasteiger partial charge < -0.3 is 19.4 Å². The van der Waals surface area contributed by atoms with Gasteiger partial charge in [0.25, 0.3) is 12.3 Å². The highest BCUT2D eigenvalue weighted by Crippen LogP contribution is 2.37. The van der Waals surface area contributed by atoms with Crippen molar-refractivity contribution in [1.82, 2.24) is 29.5 Å². The maximum atomic E-state index is 13.7. The number of carbonyl (C=O) groups excluding carboxylic acids is 1. The van der Waals surface area contributed by atoms with Crippen LogP contribution in [0.3, 0.4) is 0 Å². The molecule has 4 aromatic heterocycles. The first-order valence-corrected chi connectivity index (χ1v) is 10.5. The minimum absolute atomic E-state index is 0.196. The lowest BCUT2D eigenvalue weighted by molar-refractivity contribution is 0.0440. The first-order chi connectivity index (χ1) is 15.6. The van der Waals surface area contributed by atoms with Gasteiger partial charge in [0, 0.05) is 18.7 Å². The third kappa shape index (κ3) is 3.57. The second kappa shape index (κ2) is 7.63. The van der Waals surface area contributed by atoms with Crippen molar-refractivity contribution in [2.45, 2.75) is 38.3 Å². The molecule has 4 aromatic rings. The average Bonchev–Trinajstić information content (AvgIpc) is 3.49. The van der Waals surface area contributed by atoms with E-state index in [4.69, 9.17) is 16.0 Å². The Morgan fingerprint density at radius 2 is 2.18 bits per heavy atom. The summed E-state index contributed by atoms with van der Waals surface area (Å²) in [6.07, 6.45) is -1.12. The number of hydrogen-bond donors (Lipinski definition) is 2. The van der Waals surface area contributed by atoms with Gasteiger partial charge >= 0.3 is 0 Å². The summed E-state index contributed by atoms with van der Waals surface area (Å²) in [5.41, 5.74) is 0.0693. The number of aromatic nitrogens is 5. The Bertz CT molecular complexity index is 1360. The van der Waals surface area contributed by atoms with Crippen LogP contribution in [0.25, 0.3) is 5.52 Å². The summed E-state index contributed by atoms with van der Waals surface area (Å²) in [6.45, 7) is 2.87. The number of aromatic amines is 1. The van der Waals surface area contributed by atoms with Gasteiger partial charge in [-0.05, 0) is 32.0 Å². The first kappa shape index (κ1) is 21.5. The molecule has 33 heavy (non-hydrogen) atoms. The lowest BCUT2D eigenvalue weighted by atomic mass is 9.99. The van der Waals surface area contributed by atoms with Gasteiger partial charge in [-0.25, -0.2) is 23.3 Å². The summed E-state index contributed by atoms with van der Waals surface area (Å²) in [5, 5.41) is 15.1. The minimum atomic E-state index is -3.07. The fourth-order valence-electron chi connectivity index (χ4n) is 3.96. The van der Waals surface area contributed by atoms with Gasteiger partial charge in [-0.3, -0.25) is 4.79 Å². The van der Waals surface area contributed by atoms with E-state index >= 15 is 0 Å². The van der Waals surface area contributed by atoms with Crippen molar-refractivity contribution in [2.75, 3.05) is 6.54 Å². The molecular weight excluding hydrogens is 458 g/mol. The maximum absolute atomic E-state index is 13.7. The zero-order chi connectivity index (χ0) is 23.5. The highest BCUT2D eigenvalue weighted by molar-refractivity contribution is 6.29. The van der Waals surface area contributed by atoms with Crippen molar-refractivity contribution in [3.8, 4) is 0 Å². The highest BCUT2D eigenvalue weighted by Gasteiger charge is 2.40. The van der Waals surface area contributed by atoms with Crippen LogP contribution in [0.4, 0.5) is 8.78 Å². The van der Waals surface area contributed by atoms with Gasteiger partial charge in [-0.15, -0.1) is 0 Å². The molecule has 172 valence electrons. The van der Waals surface area contributed by atoms with Crippen LogP contribution in [0.1, 0.15) is 65.5 Å². The number of carbonyl (C=O) groups is 1. The Kier molecular flexibility index (Phi) is 4.98. The van der Waals surface area contributed by atoms with E-state index in [0.29, 0.717) is 28.5 Å². The first-order valence-electron chi connectivity index (χ1n) is 10.1. The van der Waals surface area contributed by atoms with Crippen molar-refractivity contribution in [3.05, 3.63) is 70.2 Å². The molecule has 5 rings (SSSR count). The topological polar surface area (TPSA) is 113 Å². The Balaban J connectivity index is 1.63. The number of rotatable bonds is 4. The van der Waals surface area contributed by atoms with Crippen LogP contribution in [-0.4, -0.2) is 47.0 Å². The Hall–Kier alpha value is -3.31. The molecule has 1 atom stereocenters. The van der Waals surface area contributed by atoms with Gasteiger partial charge in [0.1, 0.15) is 16.8 Å². The van der Waals surface area contributed by atoms with Crippen molar-refractivity contribution in [1.29, 1.82) is 0 Å². The maximum Gasteiger partial charge on any atom is 0.292 e. The molecular formula is C21H19ClF2N6O3. The zero-order valence-corrected chi connectivity index (χ0v) is 18.3. The van der Waals surface area contributed by atoms with Crippen molar-refractivity contribution in [3.63, 3.8) is 0 Å². The normalized spacial score (nSPS) is 16.6. The van der Waals surface area contributed by atoms with Crippen molar-refractivity contribution in [2.24, 2.45) is 0 Å². The molecule has 0 bridgehead atoms. The predicted molar refractivity (Wildman–Crippen MR) is 112 cm³/mol. The largest absolute Gasteiger partial charge is 0.432 e. The smallest absolute Gasteiger partial charge is 0.292 e. The van der Waals surface area contributed by atoms with E-state index in [1.807, 2.05) is 6.07 Å². The molecule has 0 spiro atoms. The van der Waals surface area contributed by atoms with E-state index < -0.39 is 35.4 Å². The third-order valence-electron chi connectivity index (χ3n) is 5.50. The highest BCUT2D eigenvalue weighted by atomic mass is 35.5. The zero-order valence-electron chi connectivity index (χ0n) is 17.6. The summed E-state index contributed by atoms with van der Waals surface area (Å²) < 4.78 is 34.4. The predicted octanol–water partition coefficient (Wildman–Crippen LogP) is 3.65. The van der Waals surface area contributed by atoms with E-state index in [1.165, 1.54) is 29.6 Å². The molecule has 0 aromatic carbocycles. The fraction of sp³-hybridized carbons (Fsp3) is 0.333. The molecule has 0 saturated heterocycles. The van der Waals surface area contributed by atoms with Crippen LogP contribution in [0.5, 0.6) is 0 Å². The molecule has 0 radical (unpaired) electrons. The summed E-state index contributed by atoms with van der Waals surface area (Å²) in [4.78, 5) is 26.0. The lowest BCUT2D eigenvalue weighted by Gasteiger charge is -2.33. The number of aliphatic hydroxyl groups is 1. The SMILES string of the molecule is CC(C)(O)c1nc(C(F)F)c(C(=O)N2CCc3[nH]cnc3[C@@H]2c2cc3cccc(Cl)n3n2)o1. The molecule has 0 unspecified atom stereocenters. The third-order valence-corrected chi connectivity index (χ3v) is 5.79. The number of hydrogen-bond acceptors (Lipinski definition) is 6. The van der Waals surface area contributed by atoms with Crippen LogP contribution >= 0.6 is 11.6 Å². The summed E-state index contributed by atoms with van der Waals surface area (Å²) in [6, 6.07) is 6.25. The second-order valence-electron chi connectivity index (χ2n) is 8.26. The summed E-state index contributed by atoms with van der Waals surface area (Å²) >= 11 is 6.25. The number of H-pyrrole nitrogens is 1. The number of imidazole rings is 1. The molecule has 0 aliphatic carbocycles. The Morgan fingerprint density at radius 3 is 2.88 bits per heavy atom. The van der Waals surface area contributed by atoms with Gasteiger partial charge in [0.15, 0.2) is 5.69 Å². The molecule has 0 saturated carbocycles. The standard InChI is InChI=1S/C21H19ClF2N6O3/c1-21(2,32)20-27-15(18(23)24)17(33-20)19(31)29-7-6-11-14(26-9-25-11)16(29)12-8-10-4-3-5-13(22)30(10)28-12/h3-5,8-9,16,18,32H,6-7H2,1-2H3,(H,25,26)/t16-/m0/s1. The molecule has 1 aliphatic rings. The monoisotopic (exact) mass is 476 g/mol. The molecule has 0 fully saturated rings. The summed E-state index contributed by atoms with van der Waals surface area (Å²) in [5.74, 6) is -1.78. The van der Waals surface area contributed by atoms with E-state index in [0.717, 1.165) is 5.69 Å². The van der Waals surface area contributed by atoms with Crippen LogP contribution in [0.15, 0.2) is 35.0 Å². The van der Waals surface area contributed by atoms with Gasteiger partial charge in [-0.2, -0.15) is 5.10 Å². The van der Waals surface area contributed by atoms with E-state index in [2.05, 4.69) is 20.1 Å². The number of fused-ring (bicyclic) bond motifs is 2. The Morgan fingerprint density at radius 1 is 1.39 bits per heavy atom. The van der Waals surface area contributed by atoms with Crippen LogP contribution < -0.4 is 0 Å². The van der Waals surface area contributed by atoms with E-state index in [1.54, 1.807) is 18.2 Å². The second-order valence-corrected chi connectivity index (χ2v) is 8.65. The Labute approximate surface area is 191 Å². The molecule has 1 aliphatic heterocycles. The van der Waals surface area contributed by atoms with Crippen molar-refractivity contribution >= 4 is 23.0 Å². The van der Waals surface area contributed by atoms with Crippen LogP contribution in [-0.2, 0) is 12.0 Å². The van der Waals surface area contributed by atoms with Gasteiger partial charge in [0.05, 0.1) is 23.2 Å². The molecule has 12 heteroatoms. The number of oxazole rings is 1. The fourth-order valence-corrected chi connectivity index (χ4v) is 4.16. The number of nitrogens with zero attached hydrogens (tertiary/aromatic N) is 5. The number of nitrogens with one attached hydrogen (secondary N) is 1. The average molecular weight is 477 g/mol. The quantitative estimate of drug-likeness (QED) is 0.435. The number of pyridine rings is 1.